The molecule has 5 aromatic carbocycles. The number of allylic oxidation sites excluding steroid dienone is 1. The summed E-state index contributed by atoms with van der Waals surface area (Å²) < 4.78 is 2.55. The molecule has 0 radical (unpaired) electrons. The van der Waals surface area contributed by atoms with Crippen molar-refractivity contribution in [1.29, 1.82) is 0 Å². The van der Waals surface area contributed by atoms with E-state index in [1.54, 1.807) is 8.77 Å². The van der Waals surface area contributed by atoms with E-state index in [1.807, 2.05) is 0 Å². The number of halogens is 2. The van der Waals surface area contributed by atoms with E-state index in [1.165, 1.54) is 50.1 Å². The summed E-state index contributed by atoms with van der Waals surface area (Å²) in [5.74, 6) is 0. The molecule has 0 aliphatic heterocycles. The molecule has 7 rings (SSSR count). The minimum absolute atomic E-state index is 0. The molecule has 1 atom stereocenters. The summed E-state index contributed by atoms with van der Waals surface area (Å²) in [4.78, 5) is 0. The third-order valence-electron chi connectivity index (χ3n) is 8.35. The van der Waals surface area contributed by atoms with Crippen molar-refractivity contribution in [3.63, 3.8) is 0 Å². The Kier molecular flexibility index (Phi) is 8.58. The maximum Gasteiger partial charge on any atom is -1.00 e. The van der Waals surface area contributed by atoms with Gasteiger partial charge in [0.1, 0.15) is 0 Å². The molecule has 0 aromatic heterocycles. The van der Waals surface area contributed by atoms with Gasteiger partial charge in [-0.15, -0.1) is 0 Å². The zero-order valence-corrected chi connectivity index (χ0v) is 26.6. The van der Waals surface area contributed by atoms with Crippen LogP contribution in [0.25, 0.3) is 17.2 Å². The molecule has 5 aromatic rings. The molecule has 3 heteroatoms. The largest absolute Gasteiger partial charge is 1.00 e. The van der Waals surface area contributed by atoms with Gasteiger partial charge in [0.05, 0.1) is 0 Å². The topological polar surface area (TPSA) is 0 Å². The van der Waals surface area contributed by atoms with Gasteiger partial charge in [0.2, 0.25) is 0 Å². The van der Waals surface area contributed by atoms with E-state index in [0.717, 1.165) is 0 Å². The van der Waals surface area contributed by atoms with Gasteiger partial charge in [-0.05, 0) is 0 Å². The Hall–Kier alpha value is -2.83. The van der Waals surface area contributed by atoms with Crippen LogP contribution >= 0.6 is 0 Å². The van der Waals surface area contributed by atoms with Crippen LogP contribution in [-0.4, -0.2) is 3.21 Å². The molecule has 0 saturated heterocycles. The first kappa shape index (κ1) is 28.7. The fourth-order valence-corrected chi connectivity index (χ4v) is 17.6. The molecular weight excluding hydrogens is 607 g/mol. The fraction of sp³-hybridized carbons (Fsp3) is 0.108. The monoisotopic (exact) mass is 634 g/mol. The van der Waals surface area contributed by atoms with E-state index in [0.29, 0.717) is 7.25 Å². The SMILES string of the molecule is CC1=Cc2cccc(C)c2[CH]1[Zr+2](=[C](c1ccccc1)c1ccccc1)[CH]1c2ccccc2-c2ccccc21.[Cl-].[Cl-]. The van der Waals surface area contributed by atoms with Crippen LogP contribution in [0.15, 0.2) is 133 Å². The summed E-state index contributed by atoms with van der Waals surface area (Å²) in [6.45, 7) is 4.71. The molecule has 2 aliphatic carbocycles. The van der Waals surface area contributed by atoms with Crippen molar-refractivity contribution in [2.75, 3.05) is 0 Å². The molecule has 0 heterocycles. The van der Waals surface area contributed by atoms with Crippen molar-refractivity contribution in [2.45, 2.75) is 21.1 Å². The molecule has 0 bridgehead atoms. The van der Waals surface area contributed by atoms with Gasteiger partial charge in [-0.25, -0.2) is 0 Å². The second-order valence-electron chi connectivity index (χ2n) is 10.6. The van der Waals surface area contributed by atoms with Crippen LogP contribution in [0.2, 0.25) is 0 Å². The van der Waals surface area contributed by atoms with Crippen LogP contribution in [0.5, 0.6) is 0 Å². The molecule has 196 valence electrons. The number of fused-ring (bicyclic) bond motifs is 4. The minimum Gasteiger partial charge on any atom is -1.00 e. The summed E-state index contributed by atoms with van der Waals surface area (Å²) >= 11 is -2.72. The Labute approximate surface area is 257 Å². The number of hydrogen-bond acceptors (Lipinski definition) is 0. The van der Waals surface area contributed by atoms with Crippen LogP contribution < -0.4 is 24.8 Å². The van der Waals surface area contributed by atoms with Crippen LogP contribution in [0.4, 0.5) is 0 Å². The van der Waals surface area contributed by atoms with Gasteiger partial charge < -0.3 is 24.8 Å². The van der Waals surface area contributed by atoms with Gasteiger partial charge in [-0.2, -0.15) is 0 Å². The molecule has 0 saturated carbocycles. The fourth-order valence-electron chi connectivity index (χ4n) is 6.84. The third-order valence-corrected chi connectivity index (χ3v) is 17.6. The number of hydrogen-bond donors (Lipinski definition) is 0. The van der Waals surface area contributed by atoms with Crippen molar-refractivity contribution in [2.24, 2.45) is 0 Å². The van der Waals surface area contributed by atoms with E-state index in [4.69, 9.17) is 0 Å². The maximum absolute atomic E-state index is 2.72. The Morgan fingerprint density at radius 3 is 1.57 bits per heavy atom. The summed E-state index contributed by atoms with van der Waals surface area (Å²) in [6.07, 6.45) is 2.48. The summed E-state index contributed by atoms with van der Waals surface area (Å²) in [7, 11) is 0. The Bertz CT molecular complexity index is 1650. The molecule has 0 amide bonds. The van der Waals surface area contributed by atoms with Gasteiger partial charge in [-0.1, -0.05) is 0 Å². The first-order valence-electron chi connectivity index (χ1n) is 13.5. The molecule has 0 spiro atoms. The van der Waals surface area contributed by atoms with Crippen molar-refractivity contribution in [1.82, 2.24) is 0 Å². The predicted octanol–water partition coefficient (Wildman–Crippen LogP) is 3.12. The summed E-state index contributed by atoms with van der Waals surface area (Å²) in [5.41, 5.74) is 14.7. The maximum atomic E-state index is 2.48. The molecule has 0 fully saturated rings. The van der Waals surface area contributed by atoms with Crippen molar-refractivity contribution in [3.05, 3.63) is 172 Å². The quantitative estimate of drug-likeness (QED) is 0.285. The van der Waals surface area contributed by atoms with E-state index in [-0.39, 0.29) is 24.8 Å². The van der Waals surface area contributed by atoms with Gasteiger partial charge in [0.25, 0.3) is 0 Å². The van der Waals surface area contributed by atoms with Gasteiger partial charge >= 0.3 is 235 Å². The number of benzene rings is 5. The first-order valence-corrected chi connectivity index (χ1v) is 17.6. The molecule has 1 unspecified atom stereocenters. The second-order valence-corrected chi connectivity index (χ2v) is 16.9. The Balaban J connectivity index is 0.00000161. The zero-order chi connectivity index (χ0) is 25.6. The van der Waals surface area contributed by atoms with Gasteiger partial charge in [0, 0.05) is 0 Å². The average Bonchev–Trinajstić information content (AvgIpc) is 3.48. The van der Waals surface area contributed by atoms with E-state index >= 15 is 0 Å². The van der Waals surface area contributed by atoms with E-state index < -0.39 is 21.3 Å². The molecule has 0 N–H and O–H groups in total. The van der Waals surface area contributed by atoms with Crippen molar-refractivity contribution in [3.8, 4) is 11.1 Å². The Morgan fingerprint density at radius 2 is 1.02 bits per heavy atom. The Morgan fingerprint density at radius 1 is 0.525 bits per heavy atom. The van der Waals surface area contributed by atoms with Gasteiger partial charge in [-0.3, -0.25) is 0 Å². The van der Waals surface area contributed by atoms with Crippen molar-refractivity contribution >= 4 is 9.28 Å². The standard InChI is InChI=1S/C13H9.C13H10.C11H11.2ClH.Zr/c1-3-7-12-10(5-1)9-11-6-2-4-8-13(11)12;1-3-7-12(8-4-1)11-13-9-5-2-6-10-13;1-8-6-10-5-3-4-9(2)11(10)7-8;;;/h1-9H;1-10H;3-7H,1-2H3;2*1H;/q;;;;;+2/p-2. The molecule has 0 nitrogen and oxygen atoms in total. The van der Waals surface area contributed by atoms with Gasteiger partial charge in [0.15, 0.2) is 0 Å². The number of rotatable bonds is 4. The predicted molar refractivity (Wildman–Crippen MR) is 157 cm³/mol. The normalized spacial score (nSPS) is 14.4. The molecule has 2 aliphatic rings. The second kappa shape index (κ2) is 12.0. The molecular formula is C37H30Cl2Zr. The smallest absolute Gasteiger partial charge is 1.00 e. The zero-order valence-electron chi connectivity index (χ0n) is 22.6. The average molecular weight is 637 g/mol. The van der Waals surface area contributed by atoms with Crippen LogP contribution in [0.3, 0.4) is 0 Å². The third kappa shape index (κ3) is 4.73. The van der Waals surface area contributed by atoms with Crippen LogP contribution in [0.1, 0.15) is 53.1 Å². The molecule has 40 heavy (non-hydrogen) atoms. The van der Waals surface area contributed by atoms with Crippen LogP contribution in [0, 0.1) is 6.92 Å². The number of aryl methyl sites for hydroxylation is 1. The van der Waals surface area contributed by atoms with Crippen molar-refractivity contribution < 1.29 is 46.1 Å². The summed E-state index contributed by atoms with van der Waals surface area (Å²) in [5, 5.41) is 0. The van der Waals surface area contributed by atoms with E-state index in [9.17, 15) is 0 Å². The van der Waals surface area contributed by atoms with Crippen LogP contribution in [-0.2, 0) is 21.3 Å². The summed E-state index contributed by atoms with van der Waals surface area (Å²) in [6, 6.07) is 47.9. The first-order chi connectivity index (χ1) is 18.7. The minimum atomic E-state index is -2.72. The van der Waals surface area contributed by atoms with E-state index in [2.05, 4.69) is 147 Å².